The van der Waals surface area contributed by atoms with Crippen LogP contribution in [-0.2, 0) is 10.8 Å². The molecule has 2 aliphatic carbocycles. The number of benzene rings is 8. The van der Waals surface area contributed by atoms with Crippen molar-refractivity contribution < 1.29 is 0 Å². The molecule has 0 saturated carbocycles. The Bertz CT molecular complexity index is 3840. The highest BCUT2D eigenvalue weighted by Gasteiger charge is 2.44. The predicted molar refractivity (Wildman–Crippen MR) is 377 cm³/mol. The van der Waals surface area contributed by atoms with Gasteiger partial charge in [0, 0.05) is 27.5 Å². The molecule has 0 saturated heterocycles. The van der Waals surface area contributed by atoms with Crippen LogP contribution in [0.3, 0.4) is 0 Å². The summed E-state index contributed by atoms with van der Waals surface area (Å²) < 4.78 is 0. The van der Waals surface area contributed by atoms with Crippen molar-refractivity contribution in [2.24, 2.45) is 0 Å². The fourth-order valence-corrected chi connectivity index (χ4v) is 15.6. The van der Waals surface area contributed by atoms with Crippen LogP contribution >= 0.6 is 0 Å². The molecule has 454 valence electrons. The lowest BCUT2D eigenvalue weighted by molar-refractivity contribution is 0.398. The van der Waals surface area contributed by atoms with Crippen LogP contribution in [0.15, 0.2) is 152 Å². The Hall–Kier alpha value is -7.15. The van der Waals surface area contributed by atoms with E-state index in [2.05, 4.69) is 175 Å². The third-order valence-electron chi connectivity index (χ3n) is 20.6. The molecule has 0 N–H and O–H groups in total. The fraction of sp³-hybridized carbons (Fsp3) is 0.424. The molecule has 0 bridgehead atoms. The summed E-state index contributed by atoms with van der Waals surface area (Å²) in [6.45, 7) is 13.8. The maximum Gasteiger partial charge on any atom is 0.160 e. The van der Waals surface area contributed by atoms with Crippen molar-refractivity contribution in [2.45, 2.75) is 232 Å². The number of hydrogen-bond acceptors (Lipinski definition) is 3. The van der Waals surface area contributed by atoms with E-state index in [0.29, 0.717) is 11.4 Å². The first-order valence-electron chi connectivity index (χ1n) is 35.1. The molecule has 0 aliphatic heterocycles. The van der Waals surface area contributed by atoms with Crippen molar-refractivity contribution in [3.8, 4) is 73.4 Å². The molecule has 8 aromatic carbocycles. The Labute approximate surface area is 529 Å². The van der Waals surface area contributed by atoms with E-state index >= 15 is 0 Å². The maximum absolute atomic E-state index is 9.95. The number of unbranched alkanes of at least 4 members (excludes halogenated alkanes) is 20. The normalized spacial score (nSPS) is 13.4. The van der Waals surface area contributed by atoms with Gasteiger partial charge in [-0.05, 0) is 183 Å². The molecular formula is C85H99N3. The van der Waals surface area contributed by atoms with E-state index < -0.39 is 0 Å². The number of aromatic nitrogens is 2. The van der Waals surface area contributed by atoms with Gasteiger partial charge < -0.3 is 0 Å². The fourth-order valence-electron chi connectivity index (χ4n) is 15.6. The van der Waals surface area contributed by atoms with Crippen molar-refractivity contribution in [2.75, 3.05) is 0 Å². The predicted octanol–water partition coefficient (Wildman–Crippen LogP) is 25.5. The minimum atomic E-state index is -0.147. The third-order valence-corrected chi connectivity index (χ3v) is 20.6. The van der Waals surface area contributed by atoms with E-state index in [1.165, 1.54) is 250 Å². The maximum atomic E-state index is 9.95. The number of hydrogen-bond donors (Lipinski definition) is 0. The van der Waals surface area contributed by atoms with Crippen LogP contribution in [0.25, 0.3) is 88.8 Å². The minimum Gasteiger partial charge on any atom is -0.228 e. The van der Waals surface area contributed by atoms with Gasteiger partial charge in [-0.1, -0.05) is 278 Å². The second-order valence-electron chi connectivity index (χ2n) is 27.0. The van der Waals surface area contributed by atoms with E-state index in [1.807, 2.05) is 24.3 Å². The van der Waals surface area contributed by atoms with Crippen molar-refractivity contribution >= 4 is 21.5 Å². The number of nitrogens with zero attached hydrogens (tertiary/aromatic N) is 3. The Morgan fingerprint density at radius 2 is 0.648 bits per heavy atom. The Kier molecular flexibility index (Phi) is 20.9. The van der Waals surface area contributed by atoms with Gasteiger partial charge in [-0.15, -0.1) is 0 Å². The molecule has 0 fully saturated rings. The summed E-state index contributed by atoms with van der Waals surface area (Å²) >= 11 is 0. The largest absolute Gasteiger partial charge is 0.228 e. The second kappa shape index (κ2) is 29.4. The van der Waals surface area contributed by atoms with E-state index in [4.69, 9.17) is 9.97 Å². The zero-order valence-corrected chi connectivity index (χ0v) is 54.6. The lowest BCUT2D eigenvalue weighted by atomic mass is 9.70. The standard InChI is InChI=1S/C85H99N3/c1-7-11-15-19-23-27-47-84(48-28-24-20-16-12-8-2)77-52-62(6)32-43-73(77)75-45-41-69(57-79(75)84)81-59-82(88-83(87-81)64-36-33-63(60-86)34-37-64)70-42-46-76-74-44-40-68(65-38-39-67-54-71-51-61(5)31-35-66(71)55-72(67)53-65)56-78(74)85(80(76)58-70,49-29-25-21-17-13-9-3)50-30-26-22-18-14-10-4/h31-46,51-59H,7-30,47-50H2,1-6H3. The van der Waals surface area contributed by atoms with Gasteiger partial charge in [0.15, 0.2) is 5.82 Å². The first-order valence-corrected chi connectivity index (χ1v) is 35.1. The molecule has 0 radical (unpaired) electrons. The highest BCUT2D eigenvalue weighted by atomic mass is 14.9. The van der Waals surface area contributed by atoms with Crippen LogP contribution in [0.4, 0.5) is 0 Å². The second-order valence-corrected chi connectivity index (χ2v) is 27.0. The molecular weight excluding hydrogens is 1060 g/mol. The van der Waals surface area contributed by atoms with E-state index in [9.17, 15) is 5.26 Å². The molecule has 9 aromatic rings. The van der Waals surface area contributed by atoms with Crippen molar-refractivity contribution in [3.63, 3.8) is 0 Å². The zero-order chi connectivity index (χ0) is 60.9. The molecule has 3 nitrogen and oxygen atoms in total. The average molecular weight is 1160 g/mol. The Morgan fingerprint density at radius 1 is 0.307 bits per heavy atom. The van der Waals surface area contributed by atoms with Crippen LogP contribution in [0.2, 0.25) is 0 Å². The smallest absolute Gasteiger partial charge is 0.160 e. The molecule has 0 atom stereocenters. The lowest BCUT2D eigenvalue weighted by Gasteiger charge is -2.33. The van der Waals surface area contributed by atoms with Crippen LogP contribution in [0.5, 0.6) is 0 Å². The molecule has 1 aromatic heterocycles. The van der Waals surface area contributed by atoms with E-state index in [-0.39, 0.29) is 10.8 Å². The number of fused-ring (bicyclic) bond motifs is 8. The first-order chi connectivity index (χ1) is 43.2. The van der Waals surface area contributed by atoms with Gasteiger partial charge in [-0.2, -0.15) is 5.26 Å². The summed E-state index contributed by atoms with van der Waals surface area (Å²) in [6.07, 6.45) is 35.4. The topological polar surface area (TPSA) is 49.6 Å². The molecule has 2 aliphatic rings. The molecule has 0 unspecified atom stereocenters. The molecule has 1 heterocycles. The van der Waals surface area contributed by atoms with Crippen LogP contribution in [0.1, 0.15) is 246 Å². The minimum absolute atomic E-state index is 0.0549. The quantitative estimate of drug-likeness (QED) is 0.0312. The van der Waals surface area contributed by atoms with Gasteiger partial charge >= 0.3 is 0 Å². The summed E-state index contributed by atoms with van der Waals surface area (Å²) in [5, 5.41) is 15.1. The van der Waals surface area contributed by atoms with Gasteiger partial charge in [0.25, 0.3) is 0 Å². The molecule has 88 heavy (non-hydrogen) atoms. The molecule has 3 heteroatoms. The van der Waals surface area contributed by atoms with Crippen LogP contribution in [-0.4, -0.2) is 9.97 Å². The van der Waals surface area contributed by atoms with E-state index in [0.717, 1.165) is 40.9 Å². The van der Waals surface area contributed by atoms with Crippen molar-refractivity contribution in [3.05, 3.63) is 191 Å². The van der Waals surface area contributed by atoms with Crippen molar-refractivity contribution in [1.82, 2.24) is 9.97 Å². The molecule has 11 rings (SSSR count). The van der Waals surface area contributed by atoms with Crippen molar-refractivity contribution in [1.29, 1.82) is 5.26 Å². The van der Waals surface area contributed by atoms with Crippen LogP contribution < -0.4 is 0 Å². The number of rotatable bonds is 32. The molecule has 0 spiro atoms. The zero-order valence-electron chi connectivity index (χ0n) is 54.6. The summed E-state index contributed by atoms with van der Waals surface area (Å²) in [7, 11) is 0. The number of nitriles is 1. The highest BCUT2D eigenvalue weighted by molar-refractivity contribution is 6.00. The van der Waals surface area contributed by atoms with Gasteiger partial charge in [-0.3, -0.25) is 0 Å². The Morgan fingerprint density at radius 3 is 1.11 bits per heavy atom. The van der Waals surface area contributed by atoms with Gasteiger partial charge in [-0.25, -0.2) is 9.97 Å². The molecule has 0 amide bonds. The van der Waals surface area contributed by atoms with Gasteiger partial charge in [0.2, 0.25) is 0 Å². The van der Waals surface area contributed by atoms with Gasteiger partial charge in [0.1, 0.15) is 0 Å². The summed E-state index contributed by atoms with van der Waals surface area (Å²) in [6, 6.07) is 60.8. The summed E-state index contributed by atoms with van der Waals surface area (Å²) in [5.74, 6) is 0.694. The summed E-state index contributed by atoms with van der Waals surface area (Å²) in [4.78, 5) is 11.1. The third kappa shape index (κ3) is 13.7. The van der Waals surface area contributed by atoms with Gasteiger partial charge in [0.05, 0.1) is 23.0 Å². The average Bonchev–Trinajstić information content (AvgIpc) is 1.68. The lowest BCUT2D eigenvalue weighted by Crippen LogP contribution is -2.26. The highest BCUT2D eigenvalue weighted by Crippen LogP contribution is 2.58. The van der Waals surface area contributed by atoms with E-state index in [1.54, 1.807) is 5.56 Å². The Balaban J connectivity index is 1.04. The first kappa shape index (κ1) is 62.5. The number of aryl methyl sites for hydroxylation is 2. The SMILES string of the molecule is CCCCCCCCC1(CCCCCCCC)c2cc(C)ccc2-c2ccc(-c3cc(-c4ccc5c(c4)C(CCCCCCCC)(CCCCCCCC)c4cc(-c6ccc7cc8cc(C)ccc8cc7c6)ccc4-5)nc(-c4ccc(C#N)cc4)n3)cc21. The summed E-state index contributed by atoms with van der Waals surface area (Å²) in [5.41, 5.74) is 22.4. The monoisotopic (exact) mass is 1160 g/mol. The van der Waals surface area contributed by atoms with Crippen LogP contribution in [0, 0.1) is 25.2 Å².